The summed E-state index contributed by atoms with van der Waals surface area (Å²) in [5, 5.41) is 12.0. The molecule has 0 aromatic heterocycles. The molecule has 70 heavy (non-hydrogen) atoms. The number of hydrogen-bond donors (Lipinski definition) is 1. The molecule has 0 saturated heterocycles. The summed E-state index contributed by atoms with van der Waals surface area (Å²) in [6, 6.07) is 10.2. The lowest BCUT2D eigenvalue weighted by molar-refractivity contribution is -0.140. The molecule has 5 aliphatic rings. The largest absolute Gasteiger partial charge is 0.493 e. The van der Waals surface area contributed by atoms with Gasteiger partial charge in [-0.1, -0.05) is 67.8 Å². The van der Waals surface area contributed by atoms with E-state index in [0.29, 0.717) is 56.9 Å². The normalized spacial score (nSPS) is 20.2. The zero-order valence-corrected chi connectivity index (χ0v) is 43.1. The molecular weight excluding hydrogens is 960 g/mol. The van der Waals surface area contributed by atoms with Gasteiger partial charge in [-0.05, 0) is 103 Å². The number of methoxy groups -OCH3 is 2. The Morgan fingerprint density at radius 3 is 1.80 bits per heavy atom. The molecule has 1 unspecified atom stereocenters. The second kappa shape index (κ2) is 22.4. The minimum absolute atomic E-state index is 0.0394. The highest BCUT2D eigenvalue weighted by atomic mass is 35.5. The van der Waals surface area contributed by atoms with Gasteiger partial charge < -0.3 is 42.8 Å². The Balaban J connectivity index is 1.12. The Kier molecular flexibility index (Phi) is 16.5. The van der Waals surface area contributed by atoms with Crippen LogP contribution >= 0.6 is 31.7 Å². The first kappa shape index (κ1) is 51.7. The number of rotatable bonds is 16. The van der Waals surface area contributed by atoms with Crippen molar-refractivity contribution in [2.24, 2.45) is 11.8 Å². The van der Waals surface area contributed by atoms with Gasteiger partial charge in [-0.3, -0.25) is 14.4 Å². The van der Waals surface area contributed by atoms with E-state index in [1.807, 2.05) is 0 Å². The Morgan fingerprint density at radius 2 is 1.31 bits per heavy atom. The third kappa shape index (κ3) is 10.3. The molecule has 1 spiro atoms. The summed E-state index contributed by atoms with van der Waals surface area (Å²) in [5.41, 5.74) is -0.739. The third-order valence-corrected chi connectivity index (χ3v) is 16.9. The van der Waals surface area contributed by atoms with Crippen molar-refractivity contribution < 1.29 is 56.6 Å². The van der Waals surface area contributed by atoms with Gasteiger partial charge in [0.05, 0.1) is 67.9 Å². The number of ether oxygens (including phenoxy) is 6. The summed E-state index contributed by atoms with van der Waals surface area (Å²) >= 11 is 14.4. The molecule has 2 heterocycles. The van der Waals surface area contributed by atoms with Crippen LogP contribution in [0.25, 0.3) is 0 Å². The fourth-order valence-corrected chi connectivity index (χ4v) is 12.8. The van der Waals surface area contributed by atoms with Crippen molar-refractivity contribution in [1.29, 1.82) is 5.26 Å². The van der Waals surface area contributed by atoms with Crippen LogP contribution in [0.1, 0.15) is 161 Å². The van der Waals surface area contributed by atoms with Gasteiger partial charge in [0.2, 0.25) is 0 Å². The van der Waals surface area contributed by atoms with Crippen LogP contribution in [0, 0.1) is 23.2 Å². The predicted molar refractivity (Wildman–Crippen MR) is 262 cm³/mol. The molecule has 0 bridgehead atoms. The first-order valence-corrected chi connectivity index (χ1v) is 26.5. The molecule has 1 amide bonds. The van der Waals surface area contributed by atoms with E-state index in [9.17, 15) is 19.2 Å². The number of benzene rings is 3. The van der Waals surface area contributed by atoms with Gasteiger partial charge in [0.1, 0.15) is 10.0 Å². The molecule has 3 saturated carbocycles. The molecule has 1 N–H and O–H groups in total. The first-order valence-electron chi connectivity index (χ1n) is 24.6. The molecule has 3 aliphatic carbocycles. The van der Waals surface area contributed by atoms with Crippen LogP contribution in [0.5, 0.6) is 34.5 Å². The van der Waals surface area contributed by atoms with Crippen LogP contribution in [-0.4, -0.2) is 73.5 Å². The van der Waals surface area contributed by atoms with Crippen LogP contribution in [0.2, 0.25) is 10.0 Å². The van der Waals surface area contributed by atoms with Crippen LogP contribution in [-0.2, 0) is 29.0 Å². The number of fused-ring (bicyclic) bond motifs is 6. The molecule has 1 atom stereocenters. The first-order chi connectivity index (χ1) is 33.7. The maximum atomic E-state index is 14.4. The highest BCUT2D eigenvalue weighted by Crippen LogP contribution is 2.64. The monoisotopic (exact) mass is 1020 g/mol. The van der Waals surface area contributed by atoms with Gasteiger partial charge in [0.25, 0.3) is 14.4 Å². The van der Waals surface area contributed by atoms with Crippen LogP contribution < -0.4 is 29.0 Å². The topological polar surface area (TPSA) is 181 Å². The molecular formula is C52H62Cl2N3O12P. The average molecular weight is 1020 g/mol. The van der Waals surface area contributed by atoms with E-state index in [-0.39, 0.29) is 122 Å². The average Bonchev–Trinajstić information content (AvgIpc) is 3.65. The van der Waals surface area contributed by atoms with E-state index in [2.05, 4.69) is 43.8 Å². The number of carbonyl (C=O) groups excluding carboxylic acids is 4. The zero-order valence-electron chi connectivity index (χ0n) is 40.7. The van der Waals surface area contributed by atoms with Gasteiger partial charge in [0.15, 0.2) is 40.1 Å². The molecule has 3 fully saturated rings. The number of esters is 3. The lowest BCUT2D eigenvalue weighted by atomic mass is 9.77. The second-order valence-electron chi connectivity index (χ2n) is 19.2. The molecule has 8 rings (SSSR count). The van der Waals surface area contributed by atoms with Crippen LogP contribution in [0.3, 0.4) is 0 Å². The van der Waals surface area contributed by atoms with Crippen molar-refractivity contribution >= 4 is 55.5 Å². The Labute approximate surface area is 421 Å². The molecule has 3 aromatic rings. The number of nitriles is 1. The minimum atomic E-state index is -1.84. The molecule has 3 aromatic carbocycles. The summed E-state index contributed by atoms with van der Waals surface area (Å²) in [6.07, 6.45) is 11.3. The Hall–Kier alpha value is -4.68. The second-order valence-corrected chi connectivity index (χ2v) is 21.4. The summed E-state index contributed by atoms with van der Waals surface area (Å²) in [5.74, 6) is -2.78. The lowest BCUT2D eigenvalue weighted by Gasteiger charge is -2.38. The Morgan fingerprint density at radius 1 is 0.786 bits per heavy atom. The molecule has 2 aliphatic heterocycles. The van der Waals surface area contributed by atoms with Gasteiger partial charge in [0, 0.05) is 29.3 Å². The van der Waals surface area contributed by atoms with Crippen LogP contribution in [0.15, 0.2) is 30.3 Å². The predicted octanol–water partition coefficient (Wildman–Crippen LogP) is 11.9. The van der Waals surface area contributed by atoms with Crippen molar-refractivity contribution in [1.82, 2.24) is 9.99 Å². The summed E-state index contributed by atoms with van der Waals surface area (Å²) in [7, 11) is 1.41. The number of nitrogens with one attached hydrogen (secondary N) is 1. The van der Waals surface area contributed by atoms with E-state index < -0.39 is 32.0 Å². The minimum Gasteiger partial charge on any atom is -0.493 e. The van der Waals surface area contributed by atoms with Crippen LogP contribution in [0.4, 0.5) is 0 Å². The van der Waals surface area contributed by atoms with E-state index in [4.69, 9.17) is 65.9 Å². The third-order valence-electron chi connectivity index (χ3n) is 14.0. The fourth-order valence-electron chi connectivity index (χ4n) is 10.5. The van der Waals surface area contributed by atoms with E-state index in [1.54, 1.807) is 24.3 Å². The van der Waals surface area contributed by atoms with Gasteiger partial charge in [-0.2, -0.15) is 5.26 Å². The highest BCUT2D eigenvalue weighted by Gasteiger charge is 2.56. The summed E-state index contributed by atoms with van der Waals surface area (Å²) in [6.45, 7) is 8.67. The number of amides is 1. The lowest BCUT2D eigenvalue weighted by Crippen LogP contribution is -2.40. The summed E-state index contributed by atoms with van der Waals surface area (Å²) in [4.78, 5) is 55.7. The van der Waals surface area contributed by atoms with Crippen molar-refractivity contribution in [2.75, 3.05) is 20.8 Å². The standard InChI is InChI=1S/C52H62Cl2N3O12P/c1-29(2)57(30(3)4)70(64-25-13-24-55)69-35-21-19-34(20-22-35)56-48(58)33-18-23-37-36(26-33)51(61)68-52(37)38-27-40(62-5)46(66-49(59)31-14-9-7-10-15-31)42(53)44(38)65-45-39(52)28-41(63-6)47(43(45)54)67-50(60)32-16-11-8-12-17-32/h18,23,26-32,34-35H,7-17,19-22,25H2,1-6H3,(H,56,58). The highest BCUT2D eigenvalue weighted by molar-refractivity contribution is 7.44. The van der Waals surface area contributed by atoms with Gasteiger partial charge in [-0.15, -0.1) is 0 Å². The molecule has 0 radical (unpaired) electrons. The molecule has 18 heteroatoms. The van der Waals surface area contributed by atoms with E-state index >= 15 is 0 Å². The smallest absolute Gasteiger partial charge is 0.340 e. The number of hydrogen-bond acceptors (Lipinski definition) is 14. The zero-order chi connectivity index (χ0) is 49.9. The van der Waals surface area contributed by atoms with E-state index in [0.717, 1.165) is 38.5 Å². The maximum absolute atomic E-state index is 14.4. The molecule has 15 nitrogen and oxygen atoms in total. The number of halogens is 2. The van der Waals surface area contributed by atoms with Crippen molar-refractivity contribution in [2.45, 2.75) is 154 Å². The van der Waals surface area contributed by atoms with Gasteiger partial charge >= 0.3 is 17.9 Å². The van der Waals surface area contributed by atoms with Gasteiger partial charge in [-0.25, -0.2) is 9.46 Å². The summed E-state index contributed by atoms with van der Waals surface area (Å²) < 4.78 is 51.7. The Bertz CT molecular complexity index is 2410. The maximum Gasteiger partial charge on any atom is 0.340 e. The molecule has 376 valence electrons. The van der Waals surface area contributed by atoms with E-state index in [1.165, 1.54) is 20.3 Å². The SMILES string of the molecule is COc1cc2c(c(Cl)c1OC(=O)C1CCCCC1)Oc1c(cc(OC)c(OC(=O)C3CCCCC3)c1Cl)C21OC(=O)c2cc(C(=O)NC3CCC(OP(OCCC#N)N(C(C)C)C(C)C)CC3)ccc21. The van der Waals surface area contributed by atoms with Crippen molar-refractivity contribution in [3.63, 3.8) is 0 Å². The fraction of sp³-hybridized carbons (Fsp3) is 0.558. The quantitative estimate of drug-likeness (QED) is 0.0619. The number of carbonyl (C=O) groups is 4. The van der Waals surface area contributed by atoms with Crippen molar-refractivity contribution in [3.8, 4) is 40.6 Å². The van der Waals surface area contributed by atoms with Crippen molar-refractivity contribution in [3.05, 3.63) is 68.2 Å². The number of nitrogens with zero attached hydrogens (tertiary/aromatic N) is 2.